The lowest BCUT2D eigenvalue weighted by molar-refractivity contribution is 1.06. The van der Waals surface area contributed by atoms with Crippen molar-refractivity contribution < 1.29 is 0 Å². The Morgan fingerprint density at radius 3 is 2.67 bits per heavy atom. The molecule has 0 aliphatic rings. The van der Waals surface area contributed by atoms with Crippen LogP contribution in [-0.4, -0.2) is 13.4 Å². The highest BCUT2D eigenvalue weighted by molar-refractivity contribution is 5.22. The summed E-state index contributed by atoms with van der Waals surface area (Å²) in [7, 11) is 0. The van der Waals surface area contributed by atoms with E-state index in [1.165, 1.54) is 0 Å². The monoisotopic (exact) mass is 84.0 g/mol. The molecule has 0 heterocycles. The normalized spacial score (nSPS) is 6.00. The van der Waals surface area contributed by atoms with Crippen LogP contribution in [0.2, 0.25) is 0 Å². The first kappa shape index (κ1) is 4.98. The molecule has 0 saturated heterocycles. The highest BCUT2D eigenvalue weighted by atomic mass is 15.2. The van der Waals surface area contributed by atoms with Crippen LogP contribution in [0.3, 0.4) is 0 Å². The molecular formula is C2H4N4. The minimum Gasteiger partial charge on any atom is -0.295 e. The van der Waals surface area contributed by atoms with Crippen molar-refractivity contribution in [3.63, 3.8) is 0 Å². The molecule has 0 aromatic carbocycles. The molecular weight excluding hydrogens is 80.0 g/mol. The lowest BCUT2D eigenvalue weighted by Crippen LogP contribution is -1.60. The van der Waals surface area contributed by atoms with Gasteiger partial charge >= 0.3 is 0 Å². The van der Waals surface area contributed by atoms with Crippen LogP contribution in [0.5, 0.6) is 0 Å². The van der Waals surface area contributed by atoms with Gasteiger partial charge in [-0.2, -0.15) is 0 Å². The van der Waals surface area contributed by atoms with Gasteiger partial charge in [-0.3, -0.25) is 4.99 Å². The zero-order valence-corrected chi connectivity index (χ0v) is 3.20. The molecule has 0 spiro atoms. The van der Waals surface area contributed by atoms with Crippen LogP contribution in [0.15, 0.2) is 10.1 Å². The van der Waals surface area contributed by atoms with Crippen molar-refractivity contribution in [1.29, 1.82) is 0 Å². The molecule has 4 nitrogen and oxygen atoms in total. The van der Waals surface area contributed by atoms with E-state index in [-0.39, 0.29) is 6.67 Å². The summed E-state index contributed by atoms with van der Waals surface area (Å²) in [5.74, 6) is 0. The van der Waals surface area contributed by atoms with E-state index in [4.69, 9.17) is 5.53 Å². The third-order valence-electron chi connectivity index (χ3n) is 0.226. The maximum atomic E-state index is 7.57. The molecule has 0 aliphatic carbocycles. The van der Waals surface area contributed by atoms with Gasteiger partial charge in [0.05, 0.1) is 0 Å². The maximum absolute atomic E-state index is 7.57. The quantitative estimate of drug-likeness (QED) is 0.207. The first-order valence-electron chi connectivity index (χ1n) is 1.35. The Morgan fingerprint density at radius 1 is 1.83 bits per heavy atom. The van der Waals surface area contributed by atoms with E-state index in [9.17, 15) is 0 Å². The number of aliphatic imine (C=N–C) groups is 1. The summed E-state index contributed by atoms with van der Waals surface area (Å²) in [6.45, 7) is 3.22. The fourth-order valence-electron chi connectivity index (χ4n) is 0.0730. The molecule has 0 aromatic heterocycles. The molecule has 4 heteroatoms. The fourth-order valence-corrected chi connectivity index (χ4v) is 0.0730. The minimum atomic E-state index is 0.135. The lowest BCUT2D eigenvalue weighted by atomic mass is 11.2. The highest BCUT2D eigenvalue weighted by Crippen LogP contribution is 1.66. The van der Waals surface area contributed by atoms with Crippen molar-refractivity contribution in [3.05, 3.63) is 10.4 Å². The molecule has 0 saturated carbocycles. The second kappa shape index (κ2) is 3.98. The third kappa shape index (κ3) is 2.98. The van der Waals surface area contributed by atoms with Gasteiger partial charge in [-0.1, -0.05) is 5.11 Å². The van der Waals surface area contributed by atoms with Crippen molar-refractivity contribution >= 4 is 6.72 Å². The van der Waals surface area contributed by atoms with E-state index in [2.05, 4.69) is 21.7 Å². The molecule has 0 fully saturated rings. The maximum Gasteiger partial charge on any atom is 0.117 e. The van der Waals surface area contributed by atoms with Gasteiger partial charge in [-0.15, -0.1) is 0 Å². The second-order valence-corrected chi connectivity index (χ2v) is 0.596. The molecule has 0 bridgehead atoms. The molecule has 0 atom stereocenters. The molecule has 32 valence electrons. The number of nitrogens with zero attached hydrogens (tertiary/aromatic N) is 4. The molecule has 0 unspecified atom stereocenters. The molecule has 0 aromatic rings. The molecule has 0 N–H and O–H groups in total. The zero-order valence-electron chi connectivity index (χ0n) is 3.20. The third-order valence-corrected chi connectivity index (χ3v) is 0.226. The SMILES string of the molecule is C=NCN=[N+]=[N-]. The Hall–Kier alpha value is -1.02. The van der Waals surface area contributed by atoms with Crippen LogP contribution >= 0.6 is 0 Å². The average molecular weight is 84.1 g/mol. The number of hydrogen-bond acceptors (Lipinski definition) is 2. The molecule has 0 amide bonds. The summed E-state index contributed by atoms with van der Waals surface area (Å²) in [5.41, 5.74) is 7.57. The van der Waals surface area contributed by atoms with Crippen LogP contribution in [0.25, 0.3) is 10.4 Å². The standard InChI is InChI=1S/C2H4N4/c1-4-2-5-6-3/h1-2H2. The summed E-state index contributed by atoms with van der Waals surface area (Å²) >= 11 is 0. The van der Waals surface area contributed by atoms with Crippen LogP contribution in [-0.2, 0) is 0 Å². The van der Waals surface area contributed by atoms with Crippen LogP contribution in [0.4, 0.5) is 0 Å². The number of hydrogen-bond donors (Lipinski definition) is 0. The van der Waals surface area contributed by atoms with Crippen LogP contribution < -0.4 is 0 Å². The van der Waals surface area contributed by atoms with Crippen LogP contribution in [0.1, 0.15) is 0 Å². The topological polar surface area (TPSA) is 61.1 Å². The highest BCUT2D eigenvalue weighted by Gasteiger charge is 1.57. The van der Waals surface area contributed by atoms with Gasteiger partial charge < -0.3 is 0 Å². The van der Waals surface area contributed by atoms with Crippen molar-refractivity contribution in [3.8, 4) is 0 Å². The zero-order chi connectivity index (χ0) is 4.83. The molecule has 6 heavy (non-hydrogen) atoms. The second-order valence-electron chi connectivity index (χ2n) is 0.596. The summed E-state index contributed by atoms with van der Waals surface area (Å²) < 4.78 is 0. The van der Waals surface area contributed by atoms with Crippen LogP contribution in [0, 0.1) is 0 Å². The first-order chi connectivity index (χ1) is 2.91. The van der Waals surface area contributed by atoms with Gasteiger partial charge in [0.1, 0.15) is 6.67 Å². The summed E-state index contributed by atoms with van der Waals surface area (Å²) in [4.78, 5) is 5.67. The van der Waals surface area contributed by atoms with Crippen molar-refractivity contribution in [2.75, 3.05) is 6.67 Å². The summed E-state index contributed by atoms with van der Waals surface area (Å²) in [6, 6.07) is 0. The summed E-state index contributed by atoms with van der Waals surface area (Å²) in [6.07, 6.45) is 0. The predicted octanol–water partition coefficient (Wildman–Crippen LogP) is 0.955. The lowest BCUT2D eigenvalue weighted by Gasteiger charge is -1.65. The van der Waals surface area contributed by atoms with E-state index in [1.807, 2.05) is 0 Å². The van der Waals surface area contributed by atoms with E-state index in [0.717, 1.165) is 0 Å². The van der Waals surface area contributed by atoms with Gasteiger partial charge in [0.2, 0.25) is 0 Å². The largest absolute Gasteiger partial charge is 0.295 e. The number of rotatable bonds is 2. The number of azide groups is 1. The average Bonchev–Trinajstić information content (AvgIpc) is 1.61. The van der Waals surface area contributed by atoms with Crippen molar-refractivity contribution in [2.45, 2.75) is 0 Å². The Bertz CT molecular complexity index is 79.5. The van der Waals surface area contributed by atoms with Crippen molar-refractivity contribution in [1.82, 2.24) is 0 Å². The van der Waals surface area contributed by atoms with E-state index in [0.29, 0.717) is 0 Å². The molecule has 0 rings (SSSR count). The smallest absolute Gasteiger partial charge is 0.117 e. The summed E-state index contributed by atoms with van der Waals surface area (Å²) in [5, 5.41) is 3.04. The Balaban J connectivity index is 3.07. The predicted molar refractivity (Wildman–Crippen MR) is 23.6 cm³/mol. The van der Waals surface area contributed by atoms with E-state index < -0.39 is 0 Å². The van der Waals surface area contributed by atoms with Gasteiger partial charge in [-0.25, -0.2) is 0 Å². The van der Waals surface area contributed by atoms with Gasteiger partial charge in [0.15, 0.2) is 0 Å². The minimum absolute atomic E-state index is 0.135. The van der Waals surface area contributed by atoms with E-state index in [1.54, 1.807) is 0 Å². The van der Waals surface area contributed by atoms with Crippen molar-refractivity contribution in [2.24, 2.45) is 10.1 Å². The van der Waals surface area contributed by atoms with E-state index >= 15 is 0 Å². The Morgan fingerprint density at radius 2 is 2.50 bits per heavy atom. The Labute approximate surface area is 35.1 Å². The van der Waals surface area contributed by atoms with Gasteiger partial charge in [0, 0.05) is 4.91 Å². The molecule has 0 aliphatic heterocycles. The molecule has 0 radical (unpaired) electrons. The first-order valence-corrected chi connectivity index (χ1v) is 1.35. The van der Waals surface area contributed by atoms with Gasteiger partial charge in [-0.05, 0) is 12.2 Å². The Kier molecular flexibility index (Phi) is 3.30. The fraction of sp³-hybridized carbons (Fsp3) is 0.500. The van der Waals surface area contributed by atoms with Gasteiger partial charge in [0.25, 0.3) is 0 Å².